The highest BCUT2D eigenvalue weighted by atomic mass is 32.1. The number of rotatable bonds is 2. The normalized spacial score (nSPS) is 21.7. The minimum atomic E-state index is -0.150. The Morgan fingerprint density at radius 2 is 2.00 bits per heavy atom. The van der Waals surface area contributed by atoms with E-state index >= 15 is 0 Å². The van der Waals surface area contributed by atoms with Crippen LogP contribution >= 0.6 is 11.3 Å². The highest BCUT2D eigenvalue weighted by molar-refractivity contribution is 7.20. The molecule has 2 aromatic heterocycles. The van der Waals surface area contributed by atoms with E-state index < -0.39 is 0 Å². The highest BCUT2D eigenvalue weighted by Crippen LogP contribution is 2.28. The number of carbonyl (C=O) groups is 1. The fourth-order valence-corrected chi connectivity index (χ4v) is 4.75. The van der Waals surface area contributed by atoms with Gasteiger partial charge in [-0.15, -0.1) is 5.10 Å². The number of hydrogen-bond acceptors (Lipinski definition) is 6. The molecule has 2 aliphatic rings. The van der Waals surface area contributed by atoms with E-state index in [2.05, 4.69) is 15.0 Å². The van der Waals surface area contributed by atoms with Crippen molar-refractivity contribution >= 4 is 27.3 Å². The van der Waals surface area contributed by atoms with Gasteiger partial charge < -0.3 is 9.80 Å². The molecule has 0 unspecified atom stereocenters. The Labute approximate surface area is 150 Å². The lowest BCUT2D eigenvalue weighted by Gasteiger charge is -2.36. The van der Waals surface area contributed by atoms with Crippen LogP contribution in [0.4, 0.5) is 5.13 Å². The number of aryl methyl sites for hydroxylation is 1. The number of carbonyl (C=O) groups excluding carboxylic acids is 1. The molecular formula is C17H23N5O2S. The maximum Gasteiger partial charge on any atom is 0.275 e. The largest absolute Gasteiger partial charge is 0.346 e. The molecular weight excluding hydrogens is 338 g/mol. The Balaban J connectivity index is 1.54. The maximum absolute atomic E-state index is 12.8. The minimum absolute atomic E-state index is 0.0327. The van der Waals surface area contributed by atoms with Crippen LogP contribution in [0.25, 0.3) is 4.96 Å². The first kappa shape index (κ1) is 16.5. The lowest BCUT2D eigenvalue weighted by Crippen LogP contribution is -2.46. The van der Waals surface area contributed by atoms with Crippen LogP contribution in [-0.2, 0) is 4.79 Å². The summed E-state index contributed by atoms with van der Waals surface area (Å²) in [5.74, 6) is 0.321. The Kier molecular flexibility index (Phi) is 4.45. The van der Waals surface area contributed by atoms with Gasteiger partial charge in [-0.25, -0.2) is 4.98 Å². The van der Waals surface area contributed by atoms with E-state index in [9.17, 15) is 9.59 Å². The minimum Gasteiger partial charge on any atom is -0.346 e. The van der Waals surface area contributed by atoms with Crippen LogP contribution in [-0.4, -0.2) is 51.6 Å². The summed E-state index contributed by atoms with van der Waals surface area (Å²) in [5.41, 5.74) is 0.556. The molecule has 0 bridgehead atoms. The second-order valence-electron chi connectivity index (χ2n) is 6.99. The number of nitrogens with zero attached hydrogens (tertiary/aromatic N) is 5. The van der Waals surface area contributed by atoms with Crippen molar-refractivity contribution in [3.05, 3.63) is 22.1 Å². The Hall–Kier alpha value is -1.96. The van der Waals surface area contributed by atoms with Crippen molar-refractivity contribution in [3.8, 4) is 0 Å². The van der Waals surface area contributed by atoms with E-state index in [0.29, 0.717) is 17.2 Å². The predicted molar refractivity (Wildman–Crippen MR) is 97.2 cm³/mol. The van der Waals surface area contributed by atoms with Crippen molar-refractivity contribution < 1.29 is 4.79 Å². The molecule has 7 nitrogen and oxygen atoms in total. The number of fused-ring (bicyclic) bond motifs is 1. The van der Waals surface area contributed by atoms with Crippen LogP contribution in [0.15, 0.2) is 10.9 Å². The molecule has 0 spiro atoms. The molecule has 4 rings (SSSR count). The summed E-state index contributed by atoms with van der Waals surface area (Å²) in [4.78, 5) is 34.1. The van der Waals surface area contributed by atoms with Crippen molar-refractivity contribution in [2.75, 3.05) is 31.1 Å². The predicted octanol–water partition coefficient (Wildman–Crippen LogP) is 1.69. The van der Waals surface area contributed by atoms with Gasteiger partial charge in [0.05, 0.1) is 5.92 Å². The first-order chi connectivity index (χ1) is 12.1. The number of piperidine rings is 2. The molecule has 0 N–H and O–H groups in total. The molecule has 134 valence electrons. The van der Waals surface area contributed by atoms with E-state index in [0.717, 1.165) is 50.4 Å². The van der Waals surface area contributed by atoms with Crippen LogP contribution < -0.4 is 10.5 Å². The summed E-state index contributed by atoms with van der Waals surface area (Å²) in [5, 5.41) is 5.23. The number of hydrogen-bond donors (Lipinski definition) is 0. The molecule has 8 heteroatoms. The second kappa shape index (κ2) is 6.74. The van der Waals surface area contributed by atoms with E-state index in [1.807, 2.05) is 11.8 Å². The molecule has 4 heterocycles. The van der Waals surface area contributed by atoms with Crippen molar-refractivity contribution in [2.24, 2.45) is 5.92 Å². The summed E-state index contributed by atoms with van der Waals surface area (Å²) in [6.07, 6.45) is 5.38. The molecule has 2 aliphatic heterocycles. The van der Waals surface area contributed by atoms with Gasteiger partial charge >= 0.3 is 0 Å². The molecule has 2 aromatic rings. The smallest absolute Gasteiger partial charge is 0.275 e. The molecule has 2 saturated heterocycles. The van der Waals surface area contributed by atoms with E-state index in [-0.39, 0.29) is 17.4 Å². The van der Waals surface area contributed by atoms with Crippen LogP contribution in [0.3, 0.4) is 0 Å². The van der Waals surface area contributed by atoms with E-state index in [4.69, 9.17) is 0 Å². The molecule has 2 fully saturated rings. The van der Waals surface area contributed by atoms with Gasteiger partial charge in [0.1, 0.15) is 0 Å². The molecule has 0 aromatic carbocycles. The standard InChI is InChI=1S/C17H23N5O2S/c1-12-10-14(23)22-16(18-12)25-17(19-22)21-9-5-6-13(11-21)15(24)20-7-3-2-4-8-20/h10,13H,2-9,11H2,1H3/t13-/m1/s1. The Morgan fingerprint density at radius 1 is 1.20 bits per heavy atom. The van der Waals surface area contributed by atoms with Crippen molar-refractivity contribution in [1.29, 1.82) is 0 Å². The Bertz CT molecular complexity index is 839. The monoisotopic (exact) mass is 361 g/mol. The first-order valence-electron chi connectivity index (χ1n) is 9.03. The van der Waals surface area contributed by atoms with Gasteiger partial charge in [0.15, 0.2) is 0 Å². The zero-order chi connectivity index (χ0) is 17.4. The molecule has 0 radical (unpaired) electrons. The number of amides is 1. The quantitative estimate of drug-likeness (QED) is 0.814. The van der Waals surface area contributed by atoms with Crippen molar-refractivity contribution in [2.45, 2.75) is 39.0 Å². The van der Waals surface area contributed by atoms with Crippen LogP contribution in [0.1, 0.15) is 37.8 Å². The molecule has 1 atom stereocenters. The van der Waals surface area contributed by atoms with Crippen molar-refractivity contribution in [1.82, 2.24) is 19.5 Å². The zero-order valence-corrected chi connectivity index (χ0v) is 15.3. The van der Waals surface area contributed by atoms with Gasteiger partial charge in [-0.2, -0.15) is 4.52 Å². The number of anilines is 1. The van der Waals surface area contributed by atoms with Gasteiger partial charge in [0, 0.05) is 37.9 Å². The molecule has 1 amide bonds. The van der Waals surface area contributed by atoms with Gasteiger partial charge in [-0.1, -0.05) is 11.3 Å². The molecule has 0 saturated carbocycles. The Morgan fingerprint density at radius 3 is 2.80 bits per heavy atom. The fourth-order valence-electron chi connectivity index (χ4n) is 3.76. The van der Waals surface area contributed by atoms with Gasteiger partial charge in [0.2, 0.25) is 16.0 Å². The summed E-state index contributed by atoms with van der Waals surface area (Å²) in [6.45, 7) is 5.17. The average molecular weight is 361 g/mol. The molecule has 0 aliphatic carbocycles. The van der Waals surface area contributed by atoms with Crippen LogP contribution in [0.2, 0.25) is 0 Å². The summed E-state index contributed by atoms with van der Waals surface area (Å²) in [7, 11) is 0. The summed E-state index contributed by atoms with van der Waals surface area (Å²) < 4.78 is 1.36. The average Bonchev–Trinajstić information content (AvgIpc) is 3.06. The first-order valence-corrected chi connectivity index (χ1v) is 9.85. The van der Waals surface area contributed by atoms with E-state index in [1.54, 1.807) is 0 Å². The van der Waals surface area contributed by atoms with Gasteiger partial charge in [0.25, 0.3) is 5.56 Å². The number of likely N-dealkylation sites (tertiary alicyclic amines) is 1. The van der Waals surface area contributed by atoms with E-state index in [1.165, 1.54) is 28.3 Å². The lowest BCUT2D eigenvalue weighted by molar-refractivity contribution is -0.136. The highest BCUT2D eigenvalue weighted by Gasteiger charge is 2.31. The van der Waals surface area contributed by atoms with Crippen LogP contribution in [0.5, 0.6) is 0 Å². The SMILES string of the molecule is Cc1cc(=O)n2nc(N3CCC[C@@H](C(=O)N4CCCCC4)C3)sc2n1. The third kappa shape index (κ3) is 3.27. The lowest BCUT2D eigenvalue weighted by atomic mass is 9.96. The van der Waals surface area contributed by atoms with Gasteiger partial charge in [-0.05, 0) is 39.0 Å². The van der Waals surface area contributed by atoms with Crippen molar-refractivity contribution in [3.63, 3.8) is 0 Å². The fraction of sp³-hybridized carbons (Fsp3) is 0.647. The second-order valence-corrected chi connectivity index (χ2v) is 7.92. The summed E-state index contributed by atoms with van der Waals surface area (Å²) >= 11 is 1.42. The van der Waals surface area contributed by atoms with Gasteiger partial charge in [-0.3, -0.25) is 9.59 Å². The third-order valence-electron chi connectivity index (χ3n) is 5.07. The number of aromatic nitrogens is 3. The topological polar surface area (TPSA) is 70.8 Å². The molecule has 25 heavy (non-hydrogen) atoms. The summed E-state index contributed by atoms with van der Waals surface area (Å²) in [6, 6.07) is 1.50. The maximum atomic E-state index is 12.8. The zero-order valence-electron chi connectivity index (χ0n) is 14.5. The van der Waals surface area contributed by atoms with Crippen LogP contribution in [0, 0.1) is 12.8 Å². The third-order valence-corrected chi connectivity index (χ3v) is 6.04.